The smallest absolute Gasteiger partial charge is 0.255 e. The summed E-state index contributed by atoms with van der Waals surface area (Å²) >= 11 is 0. The summed E-state index contributed by atoms with van der Waals surface area (Å²) in [6.45, 7) is 0. The summed E-state index contributed by atoms with van der Waals surface area (Å²) in [5.41, 5.74) is 4.60. The number of amides is 1. The molecule has 3 nitrogen and oxygen atoms in total. The SMILES string of the molecule is O=C(Nc1cccc(-c2cc3ccccc3[nH]2)c1)c1ccccc1. The fourth-order valence-corrected chi connectivity index (χ4v) is 2.79. The van der Waals surface area contributed by atoms with Crippen molar-refractivity contribution in [3.05, 3.63) is 90.5 Å². The fraction of sp³-hybridized carbons (Fsp3) is 0. The molecule has 0 aliphatic rings. The molecular weight excluding hydrogens is 296 g/mol. The molecule has 0 spiro atoms. The van der Waals surface area contributed by atoms with Gasteiger partial charge in [0, 0.05) is 33.4 Å². The summed E-state index contributed by atoms with van der Waals surface area (Å²) in [5, 5.41) is 4.12. The van der Waals surface area contributed by atoms with Gasteiger partial charge in [0.25, 0.3) is 5.91 Å². The molecule has 0 saturated heterocycles. The second-order valence-corrected chi connectivity index (χ2v) is 5.67. The van der Waals surface area contributed by atoms with E-state index in [0.717, 1.165) is 22.5 Å². The van der Waals surface area contributed by atoms with Crippen LogP contribution in [0.2, 0.25) is 0 Å². The van der Waals surface area contributed by atoms with Crippen molar-refractivity contribution in [2.24, 2.45) is 0 Å². The first-order chi connectivity index (χ1) is 11.8. The first-order valence-electron chi connectivity index (χ1n) is 7.84. The van der Waals surface area contributed by atoms with Crippen molar-refractivity contribution < 1.29 is 4.79 Å². The van der Waals surface area contributed by atoms with Crippen molar-refractivity contribution in [2.75, 3.05) is 5.32 Å². The molecule has 0 saturated carbocycles. The van der Waals surface area contributed by atoms with Crippen LogP contribution in [0.3, 0.4) is 0 Å². The first kappa shape index (κ1) is 14.3. The normalized spacial score (nSPS) is 10.7. The van der Waals surface area contributed by atoms with Gasteiger partial charge in [-0.05, 0) is 36.4 Å². The molecule has 1 aromatic heterocycles. The number of para-hydroxylation sites is 1. The minimum Gasteiger partial charge on any atom is -0.355 e. The van der Waals surface area contributed by atoms with Crippen LogP contribution >= 0.6 is 0 Å². The zero-order chi connectivity index (χ0) is 16.4. The largest absolute Gasteiger partial charge is 0.355 e. The van der Waals surface area contributed by atoms with Gasteiger partial charge in [0.2, 0.25) is 0 Å². The van der Waals surface area contributed by atoms with Crippen molar-refractivity contribution in [1.82, 2.24) is 4.98 Å². The highest BCUT2D eigenvalue weighted by molar-refractivity contribution is 6.04. The van der Waals surface area contributed by atoms with Gasteiger partial charge in [0.15, 0.2) is 0 Å². The van der Waals surface area contributed by atoms with Crippen LogP contribution in [0.5, 0.6) is 0 Å². The number of nitrogens with one attached hydrogen (secondary N) is 2. The van der Waals surface area contributed by atoms with Crippen molar-refractivity contribution in [3.63, 3.8) is 0 Å². The summed E-state index contributed by atoms with van der Waals surface area (Å²) in [6, 6.07) is 27.4. The van der Waals surface area contributed by atoms with Crippen LogP contribution in [0.15, 0.2) is 84.9 Å². The predicted octanol–water partition coefficient (Wildman–Crippen LogP) is 5.09. The highest BCUT2D eigenvalue weighted by atomic mass is 16.1. The van der Waals surface area contributed by atoms with Gasteiger partial charge in [0.05, 0.1) is 0 Å². The summed E-state index contributed by atoms with van der Waals surface area (Å²) in [5.74, 6) is -0.107. The van der Waals surface area contributed by atoms with Crippen molar-refractivity contribution in [2.45, 2.75) is 0 Å². The number of rotatable bonds is 3. The summed E-state index contributed by atoms with van der Waals surface area (Å²) in [7, 11) is 0. The van der Waals surface area contributed by atoms with Crippen LogP contribution in [-0.4, -0.2) is 10.9 Å². The molecule has 24 heavy (non-hydrogen) atoms. The molecule has 4 rings (SSSR count). The third kappa shape index (κ3) is 2.79. The second-order valence-electron chi connectivity index (χ2n) is 5.67. The highest BCUT2D eigenvalue weighted by Crippen LogP contribution is 2.26. The lowest BCUT2D eigenvalue weighted by atomic mass is 10.1. The molecular formula is C21H16N2O. The van der Waals surface area contributed by atoms with E-state index in [1.165, 1.54) is 5.39 Å². The Hall–Kier alpha value is -3.33. The number of hydrogen-bond acceptors (Lipinski definition) is 1. The van der Waals surface area contributed by atoms with E-state index in [1.807, 2.05) is 54.6 Å². The molecule has 1 amide bonds. The fourth-order valence-electron chi connectivity index (χ4n) is 2.79. The van der Waals surface area contributed by atoms with Crippen molar-refractivity contribution >= 4 is 22.5 Å². The standard InChI is InChI=1S/C21H16N2O/c24-21(15-7-2-1-3-8-15)22-18-11-6-10-16(13-18)20-14-17-9-4-5-12-19(17)23-20/h1-14,23H,(H,22,24). The minimum atomic E-state index is -0.107. The Morgan fingerprint density at radius 3 is 2.42 bits per heavy atom. The highest BCUT2D eigenvalue weighted by Gasteiger charge is 2.07. The lowest BCUT2D eigenvalue weighted by Crippen LogP contribution is -2.11. The lowest BCUT2D eigenvalue weighted by molar-refractivity contribution is 0.102. The summed E-state index contributed by atoms with van der Waals surface area (Å²) in [4.78, 5) is 15.7. The van der Waals surface area contributed by atoms with Gasteiger partial charge in [-0.15, -0.1) is 0 Å². The topological polar surface area (TPSA) is 44.9 Å². The van der Waals surface area contributed by atoms with Gasteiger partial charge in [0.1, 0.15) is 0 Å². The van der Waals surface area contributed by atoms with E-state index >= 15 is 0 Å². The number of carbonyl (C=O) groups is 1. The molecule has 0 bridgehead atoms. The van der Waals surface area contributed by atoms with Crippen LogP contribution in [0, 0.1) is 0 Å². The molecule has 0 fully saturated rings. The zero-order valence-electron chi connectivity index (χ0n) is 13.0. The Morgan fingerprint density at radius 2 is 1.58 bits per heavy atom. The number of aromatic amines is 1. The molecule has 3 aromatic carbocycles. The number of anilines is 1. The van der Waals surface area contributed by atoms with E-state index in [4.69, 9.17) is 0 Å². The Balaban J connectivity index is 1.63. The van der Waals surface area contributed by atoms with E-state index in [9.17, 15) is 4.79 Å². The average molecular weight is 312 g/mol. The van der Waals surface area contributed by atoms with E-state index < -0.39 is 0 Å². The minimum absolute atomic E-state index is 0.107. The number of hydrogen-bond donors (Lipinski definition) is 2. The third-order valence-corrected chi connectivity index (χ3v) is 4.00. The maximum Gasteiger partial charge on any atom is 0.255 e. The third-order valence-electron chi connectivity index (χ3n) is 4.00. The van der Waals surface area contributed by atoms with E-state index in [-0.39, 0.29) is 5.91 Å². The lowest BCUT2D eigenvalue weighted by Gasteiger charge is -2.07. The molecule has 0 unspecified atom stereocenters. The van der Waals surface area contributed by atoms with Gasteiger partial charge >= 0.3 is 0 Å². The zero-order valence-corrected chi connectivity index (χ0v) is 13.0. The Morgan fingerprint density at radius 1 is 0.792 bits per heavy atom. The Labute approximate surface area is 140 Å². The summed E-state index contributed by atoms with van der Waals surface area (Å²) < 4.78 is 0. The summed E-state index contributed by atoms with van der Waals surface area (Å²) in [6.07, 6.45) is 0. The van der Waals surface area contributed by atoms with Gasteiger partial charge in [-0.25, -0.2) is 0 Å². The number of benzene rings is 3. The number of aromatic nitrogens is 1. The molecule has 1 heterocycles. The van der Waals surface area contributed by atoms with Gasteiger partial charge in [-0.3, -0.25) is 4.79 Å². The van der Waals surface area contributed by atoms with Crippen LogP contribution < -0.4 is 5.32 Å². The number of H-pyrrole nitrogens is 1. The van der Waals surface area contributed by atoms with Crippen molar-refractivity contribution in [1.29, 1.82) is 0 Å². The van der Waals surface area contributed by atoms with Gasteiger partial charge in [-0.2, -0.15) is 0 Å². The number of carbonyl (C=O) groups excluding carboxylic acids is 1. The predicted molar refractivity (Wildman–Crippen MR) is 98.1 cm³/mol. The monoisotopic (exact) mass is 312 g/mol. The van der Waals surface area contributed by atoms with Crippen LogP contribution in [0.25, 0.3) is 22.2 Å². The Kier molecular flexibility index (Phi) is 3.60. The molecule has 116 valence electrons. The van der Waals surface area contributed by atoms with Crippen molar-refractivity contribution in [3.8, 4) is 11.3 Å². The first-order valence-corrected chi connectivity index (χ1v) is 7.84. The van der Waals surface area contributed by atoms with Gasteiger partial charge < -0.3 is 10.3 Å². The maximum atomic E-state index is 12.3. The van der Waals surface area contributed by atoms with Crippen LogP contribution in [-0.2, 0) is 0 Å². The van der Waals surface area contributed by atoms with E-state index in [0.29, 0.717) is 5.56 Å². The molecule has 2 N–H and O–H groups in total. The maximum absolute atomic E-state index is 12.3. The second kappa shape index (κ2) is 6.05. The quantitative estimate of drug-likeness (QED) is 0.544. The molecule has 0 aliphatic carbocycles. The molecule has 0 radical (unpaired) electrons. The molecule has 3 heteroatoms. The average Bonchev–Trinajstić information content (AvgIpc) is 3.07. The number of fused-ring (bicyclic) bond motifs is 1. The van der Waals surface area contributed by atoms with E-state index in [2.05, 4.69) is 28.5 Å². The molecule has 0 atom stereocenters. The van der Waals surface area contributed by atoms with Gasteiger partial charge in [-0.1, -0.05) is 48.5 Å². The van der Waals surface area contributed by atoms with Crippen LogP contribution in [0.4, 0.5) is 5.69 Å². The van der Waals surface area contributed by atoms with E-state index in [1.54, 1.807) is 12.1 Å². The van der Waals surface area contributed by atoms with Crippen LogP contribution in [0.1, 0.15) is 10.4 Å². The Bertz CT molecular complexity index is 969. The molecule has 0 aliphatic heterocycles. The molecule has 4 aromatic rings.